The van der Waals surface area contributed by atoms with Gasteiger partial charge in [0.15, 0.2) is 0 Å². The van der Waals surface area contributed by atoms with Gasteiger partial charge < -0.3 is 19.8 Å². The molecule has 0 rings (SSSR count). The van der Waals surface area contributed by atoms with Crippen LogP contribution in [-0.2, 0) is 18.4 Å². The van der Waals surface area contributed by atoms with Crippen molar-refractivity contribution in [2.75, 3.05) is 40.9 Å². The van der Waals surface area contributed by atoms with Crippen LogP contribution in [-0.4, -0.2) is 73.4 Å². The fourth-order valence-electron chi connectivity index (χ4n) is 6.68. The first-order valence-electron chi connectivity index (χ1n) is 25.8. The Hall–Kier alpha value is -2.84. The molecule has 0 aliphatic rings. The summed E-state index contributed by atoms with van der Waals surface area (Å²) in [6.45, 7) is 4.64. The van der Waals surface area contributed by atoms with E-state index in [9.17, 15) is 19.4 Å². The van der Waals surface area contributed by atoms with Gasteiger partial charge in [-0.2, -0.15) is 0 Å². The summed E-state index contributed by atoms with van der Waals surface area (Å²) in [5.74, 6) is -0.211. The summed E-state index contributed by atoms with van der Waals surface area (Å²) in [4.78, 5) is 23.2. The van der Waals surface area contributed by atoms with Crippen molar-refractivity contribution in [1.82, 2.24) is 5.32 Å². The average Bonchev–Trinajstić information content (AvgIpc) is 3.26. The summed E-state index contributed by atoms with van der Waals surface area (Å²) < 4.78 is 23.6. The third kappa shape index (κ3) is 48.9. The summed E-state index contributed by atoms with van der Waals surface area (Å²) in [7, 11) is 1.52. The van der Waals surface area contributed by atoms with E-state index < -0.39 is 20.0 Å². The SMILES string of the molecule is CC/C=C\C/C=C\C/C=C\C/C=C\C/C=C\C/C=C\C/C=C\CCCCCCCC(=O)NC(COP(=O)(O)OCC[N+](C)(C)C)C(O)/C=C/CC/C=C/CCCCCCCCCCCC. The second kappa shape index (κ2) is 46.3. The molecule has 1 amide bonds. The highest BCUT2D eigenvalue weighted by Gasteiger charge is 2.27. The Labute approximate surface area is 400 Å². The van der Waals surface area contributed by atoms with E-state index in [0.717, 1.165) is 103 Å². The molecule has 65 heavy (non-hydrogen) atoms. The zero-order valence-corrected chi connectivity index (χ0v) is 43.1. The van der Waals surface area contributed by atoms with Crippen LogP contribution in [0.3, 0.4) is 0 Å². The number of phosphoric ester groups is 1. The molecule has 0 fully saturated rings. The number of amides is 1. The van der Waals surface area contributed by atoms with Gasteiger partial charge in [0.05, 0.1) is 39.9 Å². The van der Waals surface area contributed by atoms with Crippen molar-refractivity contribution < 1.29 is 32.9 Å². The lowest BCUT2D eigenvalue weighted by Gasteiger charge is -2.25. The molecule has 0 bridgehead atoms. The van der Waals surface area contributed by atoms with Crippen LogP contribution >= 0.6 is 7.82 Å². The van der Waals surface area contributed by atoms with E-state index >= 15 is 0 Å². The van der Waals surface area contributed by atoms with Crippen LogP contribution in [0.25, 0.3) is 0 Å². The first kappa shape index (κ1) is 62.2. The van der Waals surface area contributed by atoms with Crippen LogP contribution in [0, 0.1) is 0 Å². The number of rotatable bonds is 45. The molecule has 0 aromatic carbocycles. The van der Waals surface area contributed by atoms with Crippen LogP contribution in [0.5, 0.6) is 0 Å². The lowest BCUT2D eigenvalue weighted by molar-refractivity contribution is -0.870. The molecule has 0 aromatic heterocycles. The molecule has 0 aliphatic carbocycles. The summed E-state index contributed by atoms with van der Waals surface area (Å²) >= 11 is 0. The lowest BCUT2D eigenvalue weighted by Crippen LogP contribution is -2.45. The minimum absolute atomic E-state index is 0.0457. The third-order valence-corrected chi connectivity index (χ3v) is 11.7. The molecule has 0 heterocycles. The molecule has 9 heteroatoms. The Bertz CT molecular complexity index is 1420. The van der Waals surface area contributed by atoms with Gasteiger partial charge in [-0.1, -0.05) is 200 Å². The number of allylic oxidation sites excluding steroid dienone is 17. The number of hydrogen-bond acceptors (Lipinski definition) is 5. The second-order valence-electron chi connectivity index (χ2n) is 18.2. The van der Waals surface area contributed by atoms with E-state index in [-0.39, 0.29) is 19.1 Å². The number of nitrogens with zero attached hydrogens (tertiary/aromatic N) is 1. The number of likely N-dealkylation sites (N-methyl/N-ethyl adjacent to an activating group) is 1. The van der Waals surface area contributed by atoms with E-state index in [0.29, 0.717) is 17.4 Å². The minimum atomic E-state index is -4.36. The summed E-state index contributed by atoms with van der Waals surface area (Å²) in [6, 6.07) is -0.882. The molecule has 8 nitrogen and oxygen atoms in total. The summed E-state index contributed by atoms with van der Waals surface area (Å²) in [6.07, 6.45) is 67.4. The maximum absolute atomic E-state index is 12.9. The van der Waals surface area contributed by atoms with E-state index in [1.165, 1.54) is 64.2 Å². The molecular weight excluding hydrogens is 828 g/mol. The van der Waals surface area contributed by atoms with Crippen LogP contribution < -0.4 is 5.32 Å². The van der Waals surface area contributed by atoms with Gasteiger partial charge >= 0.3 is 7.82 Å². The van der Waals surface area contributed by atoms with Crippen molar-refractivity contribution in [2.24, 2.45) is 0 Å². The molecule has 3 unspecified atom stereocenters. The molecule has 3 N–H and O–H groups in total. The van der Waals surface area contributed by atoms with Crippen molar-refractivity contribution in [3.8, 4) is 0 Å². The van der Waals surface area contributed by atoms with Crippen LogP contribution in [0.1, 0.15) is 187 Å². The monoisotopic (exact) mass is 926 g/mol. The van der Waals surface area contributed by atoms with E-state index in [1.54, 1.807) is 6.08 Å². The fraction of sp³-hybridized carbons (Fsp3) is 0.661. The largest absolute Gasteiger partial charge is 0.472 e. The van der Waals surface area contributed by atoms with Gasteiger partial charge in [0.2, 0.25) is 5.91 Å². The first-order valence-corrected chi connectivity index (χ1v) is 27.3. The molecule has 3 atom stereocenters. The zero-order valence-electron chi connectivity index (χ0n) is 42.2. The fourth-order valence-corrected chi connectivity index (χ4v) is 7.42. The predicted molar refractivity (Wildman–Crippen MR) is 281 cm³/mol. The summed E-state index contributed by atoms with van der Waals surface area (Å²) in [5, 5.41) is 13.8. The molecule has 0 saturated carbocycles. The molecule has 0 spiro atoms. The normalized spacial score (nSPS) is 15.0. The maximum atomic E-state index is 12.9. The van der Waals surface area contributed by atoms with Gasteiger partial charge in [0.1, 0.15) is 13.2 Å². The predicted octanol–water partition coefficient (Wildman–Crippen LogP) is 15.3. The number of unbranched alkanes of at least 4 members (excludes halogenated alkanes) is 16. The topological polar surface area (TPSA) is 105 Å². The second-order valence-corrected chi connectivity index (χ2v) is 19.6. The molecule has 372 valence electrons. The smallest absolute Gasteiger partial charge is 0.387 e. The summed E-state index contributed by atoms with van der Waals surface area (Å²) in [5.41, 5.74) is 0. The number of nitrogens with one attached hydrogen (secondary N) is 1. The Balaban J connectivity index is 4.40. The molecule has 0 saturated heterocycles. The average molecular weight is 926 g/mol. The molecule has 0 aromatic rings. The van der Waals surface area contributed by atoms with Crippen LogP contribution in [0.15, 0.2) is 109 Å². The first-order chi connectivity index (χ1) is 31.5. The van der Waals surface area contributed by atoms with Crippen molar-refractivity contribution in [1.29, 1.82) is 0 Å². The van der Waals surface area contributed by atoms with Crippen LogP contribution in [0.4, 0.5) is 0 Å². The van der Waals surface area contributed by atoms with E-state index in [4.69, 9.17) is 9.05 Å². The Morgan fingerprint density at radius 1 is 0.538 bits per heavy atom. The number of aliphatic hydroxyl groups is 1. The van der Waals surface area contributed by atoms with Crippen molar-refractivity contribution in [3.05, 3.63) is 109 Å². The van der Waals surface area contributed by atoms with Crippen molar-refractivity contribution >= 4 is 13.7 Å². The van der Waals surface area contributed by atoms with Crippen molar-refractivity contribution in [3.63, 3.8) is 0 Å². The minimum Gasteiger partial charge on any atom is -0.387 e. The van der Waals surface area contributed by atoms with Gasteiger partial charge in [0.25, 0.3) is 0 Å². The number of aliphatic hydroxyl groups excluding tert-OH is 1. The highest BCUT2D eigenvalue weighted by Crippen LogP contribution is 2.43. The molecule has 0 aliphatic heterocycles. The molecular formula is C56H98N2O6P+. The van der Waals surface area contributed by atoms with Crippen molar-refractivity contribution in [2.45, 2.75) is 199 Å². The van der Waals surface area contributed by atoms with Crippen LogP contribution in [0.2, 0.25) is 0 Å². The van der Waals surface area contributed by atoms with Gasteiger partial charge in [0, 0.05) is 6.42 Å². The van der Waals surface area contributed by atoms with Gasteiger partial charge in [-0.05, 0) is 89.9 Å². The Morgan fingerprint density at radius 2 is 0.938 bits per heavy atom. The van der Waals surface area contributed by atoms with Gasteiger partial charge in [-0.25, -0.2) is 4.57 Å². The number of phosphoric acid groups is 1. The Morgan fingerprint density at radius 3 is 1.42 bits per heavy atom. The standard InChI is InChI=1S/C56H97N2O6P/c1-6-8-10-12-14-16-18-20-22-24-25-26-27-28-29-30-31-32-33-34-36-38-40-42-44-46-48-50-56(60)57-54(53-64-65(61,62)63-52-51-58(3,4)5)55(59)49-47-45-43-41-39-37-35-23-21-19-17-15-13-11-9-7-2/h8,10,14,16,20,22,25-26,28-29,31-32,34,36,39,41,47,49,54-55,59H,6-7,9,11-13,15,17-19,21,23-24,27,30,33,35,37-38,40,42-46,48,50-53H2,1-5H3,(H-,57,60,61,62)/p+1/b10-8-,16-14-,22-20-,26-25-,29-28-,32-31-,36-34-,41-39+,49-47+. The highest BCUT2D eigenvalue weighted by molar-refractivity contribution is 7.47. The zero-order chi connectivity index (χ0) is 47.8. The number of carbonyl (C=O) groups is 1. The molecule has 0 radical (unpaired) electrons. The van der Waals surface area contributed by atoms with E-state index in [2.05, 4.69) is 116 Å². The number of hydrogen-bond donors (Lipinski definition) is 3. The lowest BCUT2D eigenvalue weighted by atomic mass is 10.1. The quantitative estimate of drug-likeness (QED) is 0.0243. The number of carbonyl (C=O) groups excluding carboxylic acids is 1. The highest BCUT2D eigenvalue weighted by atomic mass is 31.2. The van der Waals surface area contributed by atoms with E-state index in [1.807, 2.05) is 27.2 Å². The van der Waals surface area contributed by atoms with Gasteiger partial charge in [-0.15, -0.1) is 0 Å². The Kier molecular flexibility index (Phi) is 44.3. The maximum Gasteiger partial charge on any atom is 0.472 e. The third-order valence-electron chi connectivity index (χ3n) is 10.7. The van der Waals surface area contributed by atoms with Gasteiger partial charge in [-0.3, -0.25) is 13.8 Å². The number of quaternary nitrogens is 1.